The summed E-state index contributed by atoms with van der Waals surface area (Å²) in [6, 6.07) is 0. The molecular weight excluding hydrogens is 124 g/mol. The lowest BCUT2D eigenvalue weighted by molar-refractivity contribution is 0.633. The van der Waals surface area contributed by atoms with E-state index in [9.17, 15) is 0 Å². The lowest BCUT2D eigenvalue weighted by Gasteiger charge is -2.09. The Bertz CT molecular complexity index is 180. The van der Waals surface area contributed by atoms with Crippen LogP contribution >= 0.6 is 0 Å². The molecule has 0 radical (unpaired) electrons. The lowest BCUT2D eigenvalue weighted by atomic mass is 10.2. The number of allylic oxidation sites excluding steroid dienone is 2. The van der Waals surface area contributed by atoms with E-state index in [0.717, 1.165) is 6.54 Å². The highest BCUT2D eigenvalue weighted by Gasteiger charge is 2.04. The third-order valence-electron chi connectivity index (χ3n) is 1.71. The summed E-state index contributed by atoms with van der Waals surface area (Å²) in [4.78, 5) is 0. The Morgan fingerprint density at radius 2 is 2.30 bits per heavy atom. The van der Waals surface area contributed by atoms with Crippen LogP contribution in [0.25, 0.3) is 0 Å². The van der Waals surface area contributed by atoms with Gasteiger partial charge in [-0.05, 0) is 19.4 Å². The van der Waals surface area contributed by atoms with Gasteiger partial charge in [-0.3, -0.25) is 5.32 Å². The minimum atomic E-state index is 0.0358. The Morgan fingerprint density at radius 1 is 1.60 bits per heavy atom. The highest BCUT2D eigenvalue weighted by molar-refractivity contribution is 5.25. The molecule has 1 heterocycles. The Morgan fingerprint density at radius 3 is 3.00 bits per heavy atom. The van der Waals surface area contributed by atoms with Crippen molar-refractivity contribution in [2.24, 2.45) is 5.73 Å². The summed E-state index contributed by atoms with van der Waals surface area (Å²) >= 11 is 0. The van der Waals surface area contributed by atoms with Crippen LogP contribution in [-0.4, -0.2) is 12.7 Å². The molecule has 1 aliphatic heterocycles. The first-order valence-electron chi connectivity index (χ1n) is 3.54. The van der Waals surface area contributed by atoms with Crippen LogP contribution in [0.3, 0.4) is 0 Å². The van der Waals surface area contributed by atoms with Gasteiger partial charge in [-0.1, -0.05) is 17.7 Å². The summed E-state index contributed by atoms with van der Waals surface area (Å²) in [6.07, 6.45) is 4.29. The van der Waals surface area contributed by atoms with Gasteiger partial charge in [-0.25, -0.2) is 0 Å². The Balaban J connectivity index is 2.75. The number of rotatable bonds is 0. The normalized spacial score (nSPS) is 26.9. The third-order valence-corrected chi connectivity index (χ3v) is 1.71. The molecule has 0 saturated heterocycles. The molecule has 1 aliphatic rings. The molecular formula is C8H14N2. The molecule has 2 heteroatoms. The first kappa shape index (κ1) is 7.51. The van der Waals surface area contributed by atoms with Gasteiger partial charge < -0.3 is 5.73 Å². The van der Waals surface area contributed by atoms with E-state index in [1.807, 2.05) is 6.92 Å². The summed E-state index contributed by atoms with van der Waals surface area (Å²) in [5.41, 5.74) is 8.22. The molecule has 56 valence electrons. The van der Waals surface area contributed by atoms with Gasteiger partial charge in [0.1, 0.15) is 0 Å². The molecule has 0 saturated carbocycles. The zero-order valence-electron chi connectivity index (χ0n) is 6.52. The first-order valence-corrected chi connectivity index (χ1v) is 3.54. The summed E-state index contributed by atoms with van der Waals surface area (Å²) in [5, 5.41) is 3.16. The predicted octanol–water partition coefficient (Wildman–Crippen LogP) is 0.767. The van der Waals surface area contributed by atoms with Gasteiger partial charge >= 0.3 is 0 Å². The van der Waals surface area contributed by atoms with Gasteiger partial charge in [0.25, 0.3) is 0 Å². The topological polar surface area (TPSA) is 38.0 Å². The molecule has 0 spiro atoms. The molecule has 0 aromatic carbocycles. The largest absolute Gasteiger partial charge is 0.312 e. The highest BCUT2D eigenvalue weighted by Crippen LogP contribution is 2.05. The van der Waals surface area contributed by atoms with E-state index >= 15 is 0 Å². The molecule has 0 aromatic rings. The van der Waals surface area contributed by atoms with E-state index in [-0.39, 0.29) is 6.17 Å². The molecule has 1 atom stereocenters. The standard InChI is InChI=1S/C8H14N2/c1-6-3-4-10-8(9)7(2)5-6/h3,5,8,10H,4,9H2,1-2H3/t8-/m1/s1. The lowest BCUT2D eigenvalue weighted by Crippen LogP contribution is -2.37. The highest BCUT2D eigenvalue weighted by atomic mass is 15.0. The van der Waals surface area contributed by atoms with E-state index < -0.39 is 0 Å². The Hall–Kier alpha value is -0.600. The second-order valence-electron chi connectivity index (χ2n) is 2.72. The second-order valence-corrected chi connectivity index (χ2v) is 2.72. The van der Waals surface area contributed by atoms with Crippen molar-refractivity contribution in [3.8, 4) is 0 Å². The smallest absolute Gasteiger partial charge is 0.0771 e. The maximum absolute atomic E-state index is 5.73. The van der Waals surface area contributed by atoms with Gasteiger partial charge in [-0.2, -0.15) is 0 Å². The fourth-order valence-corrected chi connectivity index (χ4v) is 1.02. The van der Waals surface area contributed by atoms with Crippen molar-refractivity contribution in [1.29, 1.82) is 0 Å². The van der Waals surface area contributed by atoms with Crippen molar-refractivity contribution in [2.75, 3.05) is 6.54 Å². The zero-order valence-corrected chi connectivity index (χ0v) is 6.52. The number of hydrogen-bond acceptors (Lipinski definition) is 2. The molecule has 0 unspecified atom stereocenters. The molecule has 1 rings (SSSR count). The van der Waals surface area contributed by atoms with Crippen LogP contribution in [0, 0.1) is 0 Å². The van der Waals surface area contributed by atoms with Gasteiger partial charge in [0.15, 0.2) is 0 Å². The number of nitrogens with one attached hydrogen (secondary N) is 1. The van der Waals surface area contributed by atoms with Crippen molar-refractivity contribution in [1.82, 2.24) is 5.32 Å². The maximum atomic E-state index is 5.73. The van der Waals surface area contributed by atoms with Crippen molar-refractivity contribution in [3.63, 3.8) is 0 Å². The number of nitrogens with two attached hydrogens (primary N) is 1. The van der Waals surface area contributed by atoms with Crippen LogP contribution < -0.4 is 11.1 Å². The fraction of sp³-hybridized carbons (Fsp3) is 0.500. The minimum absolute atomic E-state index is 0.0358. The average molecular weight is 138 g/mol. The molecule has 0 aliphatic carbocycles. The third kappa shape index (κ3) is 1.69. The van der Waals surface area contributed by atoms with Crippen LogP contribution in [0.5, 0.6) is 0 Å². The summed E-state index contributed by atoms with van der Waals surface area (Å²) in [7, 11) is 0. The number of hydrogen-bond donors (Lipinski definition) is 2. The maximum Gasteiger partial charge on any atom is 0.0771 e. The monoisotopic (exact) mass is 138 g/mol. The zero-order chi connectivity index (χ0) is 7.56. The van der Waals surface area contributed by atoms with Crippen molar-refractivity contribution >= 4 is 0 Å². The van der Waals surface area contributed by atoms with Gasteiger partial charge in [0.05, 0.1) is 6.17 Å². The van der Waals surface area contributed by atoms with E-state index in [2.05, 4.69) is 24.4 Å². The van der Waals surface area contributed by atoms with Crippen molar-refractivity contribution < 1.29 is 0 Å². The predicted molar refractivity (Wildman–Crippen MR) is 43.5 cm³/mol. The molecule has 0 aromatic heterocycles. The van der Waals surface area contributed by atoms with E-state index in [0.29, 0.717) is 0 Å². The summed E-state index contributed by atoms with van der Waals surface area (Å²) in [6.45, 7) is 5.00. The van der Waals surface area contributed by atoms with Crippen molar-refractivity contribution in [2.45, 2.75) is 20.0 Å². The quantitative estimate of drug-likeness (QED) is 0.519. The summed E-state index contributed by atoms with van der Waals surface area (Å²) in [5.74, 6) is 0. The summed E-state index contributed by atoms with van der Waals surface area (Å²) < 4.78 is 0. The second kappa shape index (κ2) is 2.99. The van der Waals surface area contributed by atoms with Crippen molar-refractivity contribution in [3.05, 3.63) is 23.3 Å². The SMILES string of the molecule is CC1=CCN[C@@H](N)C(C)=C1. The Labute approximate surface area is 61.8 Å². The molecule has 0 bridgehead atoms. The fourth-order valence-electron chi connectivity index (χ4n) is 1.02. The van der Waals surface area contributed by atoms with E-state index in [1.54, 1.807) is 0 Å². The van der Waals surface area contributed by atoms with E-state index in [1.165, 1.54) is 11.1 Å². The van der Waals surface area contributed by atoms with Crippen LogP contribution in [0.4, 0.5) is 0 Å². The molecule has 0 amide bonds. The molecule has 3 N–H and O–H groups in total. The minimum Gasteiger partial charge on any atom is -0.312 e. The van der Waals surface area contributed by atoms with E-state index in [4.69, 9.17) is 5.73 Å². The molecule has 0 fully saturated rings. The molecule has 10 heavy (non-hydrogen) atoms. The Kier molecular flexibility index (Phi) is 2.25. The van der Waals surface area contributed by atoms with Gasteiger partial charge in [-0.15, -0.1) is 0 Å². The van der Waals surface area contributed by atoms with Crippen LogP contribution in [0.2, 0.25) is 0 Å². The van der Waals surface area contributed by atoms with Crippen LogP contribution in [0.15, 0.2) is 23.3 Å². The molecule has 2 nitrogen and oxygen atoms in total. The van der Waals surface area contributed by atoms with Gasteiger partial charge in [0.2, 0.25) is 0 Å². The van der Waals surface area contributed by atoms with Gasteiger partial charge in [0, 0.05) is 6.54 Å². The first-order chi connectivity index (χ1) is 4.70. The van der Waals surface area contributed by atoms with Crippen LogP contribution in [-0.2, 0) is 0 Å². The van der Waals surface area contributed by atoms with Crippen LogP contribution in [0.1, 0.15) is 13.8 Å². The average Bonchev–Trinajstić information content (AvgIpc) is 1.96.